The molecule has 0 atom stereocenters. The molecule has 0 spiro atoms. The number of carbonyl (C=O) groups is 2. The summed E-state index contributed by atoms with van der Waals surface area (Å²) >= 11 is 15.6. The molecule has 2 N–H and O–H groups in total. The van der Waals surface area contributed by atoms with Crippen molar-refractivity contribution in [3.8, 4) is 5.82 Å². The van der Waals surface area contributed by atoms with Gasteiger partial charge in [-0.05, 0) is 52.2 Å². The first-order chi connectivity index (χ1) is 13.8. The molecule has 2 aromatic heterocycles. The number of benzene rings is 1. The second-order valence-electron chi connectivity index (χ2n) is 5.95. The number of halogens is 3. The second-order valence-corrected chi connectivity index (χ2v) is 7.60. The van der Waals surface area contributed by atoms with E-state index in [-0.39, 0.29) is 17.2 Å². The minimum atomic E-state index is -0.480. The highest BCUT2D eigenvalue weighted by atomic mass is 79.9. The van der Waals surface area contributed by atoms with Crippen LogP contribution in [0.15, 0.2) is 41.1 Å². The topological polar surface area (TPSA) is 88.9 Å². The minimum absolute atomic E-state index is 0.192. The van der Waals surface area contributed by atoms with Gasteiger partial charge in [0.05, 0.1) is 16.3 Å². The molecule has 29 heavy (non-hydrogen) atoms. The number of nitrogens with zero attached hydrogens (tertiary/aromatic N) is 3. The molecular formula is C19H16BrCl2N5O2. The van der Waals surface area contributed by atoms with Crippen molar-refractivity contribution in [2.24, 2.45) is 0 Å². The van der Waals surface area contributed by atoms with Crippen molar-refractivity contribution < 1.29 is 9.59 Å². The van der Waals surface area contributed by atoms with Crippen LogP contribution in [0.2, 0.25) is 10.0 Å². The summed E-state index contributed by atoms with van der Waals surface area (Å²) in [5, 5.41) is 10.4. The van der Waals surface area contributed by atoms with Crippen molar-refractivity contribution >= 4 is 56.6 Å². The number of pyridine rings is 1. The van der Waals surface area contributed by atoms with Crippen LogP contribution in [0.25, 0.3) is 5.82 Å². The molecule has 7 nitrogen and oxygen atoms in total. The van der Waals surface area contributed by atoms with Crippen LogP contribution in [0.5, 0.6) is 0 Å². The van der Waals surface area contributed by atoms with E-state index in [9.17, 15) is 9.59 Å². The molecule has 0 aliphatic rings. The average Bonchev–Trinajstić information content (AvgIpc) is 3.10. The molecule has 3 aromatic rings. The fourth-order valence-corrected chi connectivity index (χ4v) is 3.61. The maximum atomic E-state index is 13.1. The van der Waals surface area contributed by atoms with Crippen molar-refractivity contribution in [3.05, 3.63) is 68.0 Å². The van der Waals surface area contributed by atoms with Gasteiger partial charge in [-0.25, -0.2) is 9.67 Å². The number of aromatic nitrogens is 3. The molecule has 2 heterocycles. The highest BCUT2D eigenvalue weighted by Gasteiger charge is 2.22. The van der Waals surface area contributed by atoms with Gasteiger partial charge >= 0.3 is 0 Å². The van der Waals surface area contributed by atoms with E-state index in [1.54, 1.807) is 30.5 Å². The highest BCUT2D eigenvalue weighted by molar-refractivity contribution is 9.10. The summed E-state index contributed by atoms with van der Waals surface area (Å²) in [5.41, 5.74) is 1.58. The van der Waals surface area contributed by atoms with Gasteiger partial charge in [-0.3, -0.25) is 9.59 Å². The molecule has 0 bridgehead atoms. The Morgan fingerprint density at radius 2 is 1.97 bits per heavy atom. The molecule has 0 saturated heterocycles. The first-order valence-corrected chi connectivity index (χ1v) is 10.1. The van der Waals surface area contributed by atoms with Gasteiger partial charge in [0, 0.05) is 24.3 Å². The summed E-state index contributed by atoms with van der Waals surface area (Å²) in [6, 6.07) is 8.10. The molecule has 1 aromatic carbocycles. The van der Waals surface area contributed by atoms with E-state index in [0.717, 1.165) is 5.56 Å². The first-order valence-electron chi connectivity index (χ1n) is 8.58. The maximum absolute atomic E-state index is 13.1. The number of amides is 2. The molecule has 0 radical (unpaired) electrons. The van der Waals surface area contributed by atoms with E-state index >= 15 is 0 Å². The third kappa shape index (κ3) is 4.44. The zero-order chi connectivity index (χ0) is 21.1. The molecule has 0 unspecified atom stereocenters. The van der Waals surface area contributed by atoms with Crippen LogP contribution in [-0.4, -0.2) is 33.6 Å². The van der Waals surface area contributed by atoms with Crippen molar-refractivity contribution in [1.82, 2.24) is 20.1 Å². The Kier molecular flexibility index (Phi) is 6.56. The Bertz CT molecular complexity index is 1100. The van der Waals surface area contributed by atoms with Gasteiger partial charge in [0.2, 0.25) is 0 Å². The van der Waals surface area contributed by atoms with Crippen LogP contribution in [0.1, 0.15) is 33.3 Å². The average molecular weight is 497 g/mol. The van der Waals surface area contributed by atoms with Gasteiger partial charge < -0.3 is 10.6 Å². The summed E-state index contributed by atoms with van der Waals surface area (Å²) in [6.07, 6.45) is 2.12. The van der Waals surface area contributed by atoms with Crippen molar-refractivity contribution in [2.75, 3.05) is 12.4 Å². The van der Waals surface area contributed by atoms with Crippen LogP contribution < -0.4 is 10.6 Å². The van der Waals surface area contributed by atoms with Gasteiger partial charge in [-0.15, -0.1) is 0 Å². The standard InChI is InChI=1S/C19H16BrCl2N5O2/c1-3-10-7-11(21)8-12(18(28)23-2)16(10)25-19(29)14-9-15(20)26-27(14)17-13(22)5-4-6-24-17/h4-9H,3H2,1-2H3,(H,23,28)(H,25,29). The molecule has 10 heteroatoms. The second kappa shape index (κ2) is 8.94. The lowest BCUT2D eigenvalue weighted by atomic mass is 10.0. The molecule has 0 fully saturated rings. The van der Waals surface area contributed by atoms with E-state index in [1.165, 1.54) is 17.8 Å². The lowest BCUT2D eigenvalue weighted by Crippen LogP contribution is -2.24. The van der Waals surface area contributed by atoms with Crippen LogP contribution >= 0.6 is 39.1 Å². The monoisotopic (exact) mass is 495 g/mol. The quantitative estimate of drug-likeness (QED) is 0.543. The third-order valence-corrected chi connectivity index (χ3v) is 5.03. The van der Waals surface area contributed by atoms with E-state index in [1.807, 2.05) is 6.92 Å². The largest absolute Gasteiger partial charge is 0.355 e. The van der Waals surface area contributed by atoms with E-state index < -0.39 is 5.91 Å². The predicted octanol–water partition coefficient (Wildman–Crippen LogP) is 4.51. The van der Waals surface area contributed by atoms with Crippen molar-refractivity contribution in [1.29, 1.82) is 0 Å². The van der Waals surface area contributed by atoms with Crippen LogP contribution in [0.3, 0.4) is 0 Å². The molecule has 3 rings (SSSR count). The zero-order valence-electron chi connectivity index (χ0n) is 15.5. The Labute approximate surface area is 185 Å². The normalized spacial score (nSPS) is 10.7. The molecule has 0 aliphatic carbocycles. The van der Waals surface area contributed by atoms with E-state index in [2.05, 4.69) is 36.6 Å². The van der Waals surface area contributed by atoms with Gasteiger partial charge in [0.15, 0.2) is 5.82 Å². The lowest BCUT2D eigenvalue weighted by Gasteiger charge is -2.16. The number of carbonyl (C=O) groups excluding carboxylic acids is 2. The predicted molar refractivity (Wildman–Crippen MR) is 116 cm³/mol. The zero-order valence-corrected chi connectivity index (χ0v) is 18.6. The van der Waals surface area contributed by atoms with E-state index in [0.29, 0.717) is 32.6 Å². The number of anilines is 1. The smallest absolute Gasteiger partial charge is 0.274 e. The van der Waals surface area contributed by atoms with Gasteiger partial charge in [-0.2, -0.15) is 5.10 Å². The van der Waals surface area contributed by atoms with Crippen molar-refractivity contribution in [2.45, 2.75) is 13.3 Å². The number of nitrogens with one attached hydrogen (secondary N) is 2. The summed E-state index contributed by atoms with van der Waals surface area (Å²) in [6.45, 7) is 1.91. The van der Waals surface area contributed by atoms with Crippen molar-refractivity contribution in [3.63, 3.8) is 0 Å². The highest BCUT2D eigenvalue weighted by Crippen LogP contribution is 2.28. The number of aryl methyl sites for hydroxylation is 1. The Morgan fingerprint density at radius 3 is 2.62 bits per heavy atom. The van der Waals surface area contributed by atoms with Gasteiger partial charge in [-0.1, -0.05) is 30.1 Å². The fraction of sp³-hybridized carbons (Fsp3) is 0.158. The summed E-state index contributed by atoms with van der Waals surface area (Å²) < 4.78 is 1.77. The number of hydrogen-bond donors (Lipinski definition) is 2. The summed E-state index contributed by atoms with van der Waals surface area (Å²) in [7, 11) is 1.51. The Balaban J connectivity index is 2.07. The fourth-order valence-electron chi connectivity index (χ4n) is 2.79. The maximum Gasteiger partial charge on any atom is 0.274 e. The third-order valence-electron chi connectivity index (χ3n) is 4.13. The van der Waals surface area contributed by atoms with E-state index in [4.69, 9.17) is 23.2 Å². The Morgan fingerprint density at radius 1 is 1.21 bits per heavy atom. The van der Waals surface area contributed by atoms with Gasteiger partial charge in [0.1, 0.15) is 10.3 Å². The number of rotatable bonds is 5. The van der Waals surface area contributed by atoms with Crippen LogP contribution in [-0.2, 0) is 6.42 Å². The van der Waals surface area contributed by atoms with Crippen LogP contribution in [0.4, 0.5) is 5.69 Å². The SMILES string of the molecule is CCc1cc(Cl)cc(C(=O)NC)c1NC(=O)c1cc(Br)nn1-c1ncccc1Cl. The summed E-state index contributed by atoms with van der Waals surface area (Å²) in [4.78, 5) is 29.7. The minimum Gasteiger partial charge on any atom is -0.355 e. The molecule has 0 aliphatic heterocycles. The first kappa shape index (κ1) is 21.3. The summed E-state index contributed by atoms with van der Waals surface area (Å²) in [5.74, 6) is -0.532. The molecular weight excluding hydrogens is 481 g/mol. The molecule has 0 saturated carbocycles. The molecule has 2 amide bonds. The molecule has 150 valence electrons. The van der Waals surface area contributed by atoms with Crippen LogP contribution in [0, 0.1) is 0 Å². The lowest BCUT2D eigenvalue weighted by molar-refractivity contribution is 0.0964. The van der Waals surface area contributed by atoms with Gasteiger partial charge in [0.25, 0.3) is 11.8 Å². The Hall–Kier alpha value is -2.42. The number of hydrogen-bond acceptors (Lipinski definition) is 4.